The molecule has 1 N–H and O–H groups in total. The molecular weight excluding hydrogens is 350 g/mol. The summed E-state index contributed by atoms with van der Waals surface area (Å²) < 4.78 is 0. The van der Waals surface area contributed by atoms with Crippen molar-refractivity contribution < 1.29 is 9.59 Å². The number of nitrogens with zero attached hydrogens (tertiary/aromatic N) is 4. The van der Waals surface area contributed by atoms with Crippen molar-refractivity contribution in [1.29, 1.82) is 5.26 Å². The molecule has 0 atom stereocenters. The molecule has 3 rings (SSSR count). The number of nitriles is 1. The molecular formula is C18H15N5O2S. The lowest BCUT2D eigenvalue weighted by Crippen LogP contribution is -2.37. The van der Waals surface area contributed by atoms with Crippen molar-refractivity contribution in [1.82, 2.24) is 15.0 Å². The van der Waals surface area contributed by atoms with Gasteiger partial charge in [0.25, 0.3) is 11.8 Å². The van der Waals surface area contributed by atoms with Crippen LogP contribution in [0.15, 0.2) is 46.5 Å². The van der Waals surface area contributed by atoms with Gasteiger partial charge in [0.2, 0.25) is 0 Å². The molecule has 8 heteroatoms. The summed E-state index contributed by atoms with van der Waals surface area (Å²) >= 11 is 1.29. The Morgan fingerprint density at radius 1 is 1.08 bits per heavy atom. The SMILES string of the molecule is CSc1nc(-c2ccccc2)nc(NN2C(=O)C(C)=C(C)C2=O)c1C#N. The van der Waals surface area contributed by atoms with Gasteiger partial charge in [-0.05, 0) is 20.1 Å². The number of anilines is 1. The maximum absolute atomic E-state index is 12.3. The van der Waals surface area contributed by atoms with E-state index >= 15 is 0 Å². The second-order valence-corrected chi connectivity index (χ2v) is 6.36. The molecule has 26 heavy (non-hydrogen) atoms. The second kappa shape index (κ2) is 6.98. The van der Waals surface area contributed by atoms with E-state index in [1.54, 1.807) is 20.1 Å². The van der Waals surface area contributed by atoms with E-state index in [4.69, 9.17) is 0 Å². The number of carbonyl (C=O) groups is 2. The molecule has 1 aliphatic heterocycles. The molecule has 1 aromatic heterocycles. The normalized spacial score (nSPS) is 14.0. The minimum Gasteiger partial charge on any atom is -0.270 e. The number of hydrogen-bond acceptors (Lipinski definition) is 7. The van der Waals surface area contributed by atoms with Gasteiger partial charge in [0, 0.05) is 16.7 Å². The molecule has 0 aliphatic carbocycles. The predicted molar refractivity (Wildman–Crippen MR) is 97.8 cm³/mol. The van der Waals surface area contributed by atoms with Gasteiger partial charge in [-0.15, -0.1) is 11.8 Å². The smallest absolute Gasteiger partial charge is 0.270 e. The fourth-order valence-corrected chi connectivity index (χ4v) is 2.97. The second-order valence-electron chi connectivity index (χ2n) is 5.57. The van der Waals surface area contributed by atoms with Crippen LogP contribution >= 0.6 is 11.8 Å². The number of nitrogens with one attached hydrogen (secondary N) is 1. The fraction of sp³-hybridized carbons (Fsp3) is 0.167. The topological polar surface area (TPSA) is 99.0 Å². The van der Waals surface area contributed by atoms with Crippen molar-refractivity contribution in [3.8, 4) is 17.5 Å². The summed E-state index contributed by atoms with van der Waals surface area (Å²) in [7, 11) is 0. The minimum atomic E-state index is -0.457. The van der Waals surface area contributed by atoms with E-state index in [9.17, 15) is 14.9 Å². The summed E-state index contributed by atoms with van der Waals surface area (Å²) in [5, 5.41) is 10.9. The molecule has 0 spiro atoms. The Hall–Kier alpha value is -3.18. The number of thioether (sulfide) groups is 1. The first-order valence-electron chi connectivity index (χ1n) is 7.72. The molecule has 130 valence electrons. The number of amides is 2. The first-order valence-corrected chi connectivity index (χ1v) is 8.94. The van der Waals surface area contributed by atoms with Crippen LogP contribution in [0, 0.1) is 11.3 Å². The molecule has 0 unspecified atom stereocenters. The molecule has 1 aromatic carbocycles. The zero-order chi connectivity index (χ0) is 18.8. The zero-order valence-corrected chi connectivity index (χ0v) is 15.2. The highest BCUT2D eigenvalue weighted by Crippen LogP contribution is 2.29. The average Bonchev–Trinajstić information content (AvgIpc) is 2.85. The third-order valence-corrected chi connectivity index (χ3v) is 4.72. The van der Waals surface area contributed by atoms with Crippen LogP contribution in [-0.4, -0.2) is 33.0 Å². The van der Waals surface area contributed by atoms with Gasteiger partial charge in [-0.2, -0.15) is 10.3 Å². The number of aromatic nitrogens is 2. The summed E-state index contributed by atoms with van der Waals surface area (Å²) in [4.78, 5) is 33.4. The predicted octanol–water partition coefficient (Wildman–Crippen LogP) is 2.77. The van der Waals surface area contributed by atoms with Gasteiger partial charge in [0.15, 0.2) is 11.6 Å². The molecule has 2 aromatic rings. The Bertz CT molecular complexity index is 955. The lowest BCUT2D eigenvalue weighted by Gasteiger charge is -2.18. The van der Waals surface area contributed by atoms with E-state index in [-0.39, 0.29) is 11.4 Å². The maximum Gasteiger partial charge on any atom is 0.275 e. The zero-order valence-electron chi connectivity index (χ0n) is 14.4. The summed E-state index contributed by atoms with van der Waals surface area (Å²) in [6, 6.07) is 11.3. The van der Waals surface area contributed by atoms with Crippen LogP contribution in [0.4, 0.5) is 5.82 Å². The van der Waals surface area contributed by atoms with E-state index < -0.39 is 11.8 Å². The van der Waals surface area contributed by atoms with E-state index in [0.29, 0.717) is 22.0 Å². The Kier molecular flexibility index (Phi) is 4.73. The lowest BCUT2D eigenvalue weighted by molar-refractivity contribution is -0.135. The maximum atomic E-state index is 12.3. The number of hydrazine groups is 1. The Morgan fingerprint density at radius 2 is 1.69 bits per heavy atom. The van der Waals surface area contributed by atoms with E-state index in [1.165, 1.54) is 11.8 Å². The van der Waals surface area contributed by atoms with Crippen molar-refractivity contribution in [3.63, 3.8) is 0 Å². The molecule has 0 saturated heterocycles. The fourth-order valence-electron chi connectivity index (χ4n) is 2.44. The van der Waals surface area contributed by atoms with Crippen molar-refractivity contribution in [2.75, 3.05) is 11.7 Å². The molecule has 1 aliphatic rings. The van der Waals surface area contributed by atoms with Gasteiger partial charge >= 0.3 is 0 Å². The summed E-state index contributed by atoms with van der Waals surface area (Å²) in [6.07, 6.45) is 1.80. The van der Waals surface area contributed by atoms with Crippen LogP contribution in [0.5, 0.6) is 0 Å². The first kappa shape index (κ1) is 17.6. The molecule has 2 heterocycles. The average molecular weight is 365 g/mol. The third-order valence-electron chi connectivity index (χ3n) is 4.04. The Morgan fingerprint density at radius 3 is 2.23 bits per heavy atom. The summed E-state index contributed by atoms with van der Waals surface area (Å²) in [6.45, 7) is 3.18. The third kappa shape index (κ3) is 2.93. The van der Waals surface area contributed by atoms with Crippen LogP contribution in [0.2, 0.25) is 0 Å². The molecule has 2 amide bonds. The van der Waals surface area contributed by atoms with Crippen molar-refractivity contribution in [3.05, 3.63) is 47.0 Å². The van der Waals surface area contributed by atoms with E-state index in [1.807, 2.05) is 36.4 Å². The number of imide groups is 1. The van der Waals surface area contributed by atoms with Crippen molar-refractivity contribution in [2.45, 2.75) is 18.9 Å². The van der Waals surface area contributed by atoms with E-state index in [0.717, 1.165) is 10.6 Å². The Labute approximate surface area is 154 Å². The number of rotatable bonds is 4. The highest BCUT2D eigenvalue weighted by molar-refractivity contribution is 7.98. The van der Waals surface area contributed by atoms with Gasteiger partial charge in [-0.25, -0.2) is 9.97 Å². The minimum absolute atomic E-state index is 0.120. The molecule has 0 saturated carbocycles. The van der Waals surface area contributed by atoms with Gasteiger partial charge in [-0.3, -0.25) is 15.0 Å². The molecule has 7 nitrogen and oxygen atoms in total. The lowest BCUT2D eigenvalue weighted by atomic mass is 10.2. The van der Waals surface area contributed by atoms with Gasteiger partial charge < -0.3 is 0 Å². The van der Waals surface area contributed by atoms with Crippen LogP contribution in [-0.2, 0) is 9.59 Å². The van der Waals surface area contributed by atoms with Gasteiger partial charge in [0.1, 0.15) is 16.7 Å². The number of benzene rings is 1. The largest absolute Gasteiger partial charge is 0.275 e. The van der Waals surface area contributed by atoms with Crippen LogP contribution < -0.4 is 5.43 Å². The first-order chi connectivity index (χ1) is 12.5. The highest BCUT2D eigenvalue weighted by atomic mass is 32.2. The van der Waals surface area contributed by atoms with Gasteiger partial charge in [0.05, 0.1) is 0 Å². The van der Waals surface area contributed by atoms with Gasteiger partial charge in [-0.1, -0.05) is 30.3 Å². The highest BCUT2D eigenvalue weighted by Gasteiger charge is 2.34. The molecule has 0 bridgehead atoms. The van der Waals surface area contributed by atoms with Crippen LogP contribution in [0.25, 0.3) is 11.4 Å². The number of hydrogen-bond donors (Lipinski definition) is 1. The van der Waals surface area contributed by atoms with Crippen molar-refractivity contribution >= 4 is 29.4 Å². The van der Waals surface area contributed by atoms with Crippen LogP contribution in [0.1, 0.15) is 19.4 Å². The van der Waals surface area contributed by atoms with Crippen molar-refractivity contribution in [2.24, 2.45) is 0 Å². The molecule has 0 fully saturated rings. The summed E-state index contributed by atoms with van der Waals surface area (Å²) in [5.41, 5.74) is 4.38. The standard InChI is InChI=1S/C18H15N5O2S/c1-10-11(2)18(25)23(17(10)24)22-15-13(9-19)16(26-3)21-14(20-15)12-7-5-4-6-8-12/h4-8H,1-3H3,(H,20,21,22). The van der Waals surface area contributed by atoms with Crippen LogP contribution in [0.3, 0.4) is 0 Å². The van der Waals surface area contributed by atoms with E-state index in [2.05, 4.69) is 15.4 Å². The quantitative estimate of drug-likeness (QED) is 0.505. The summed E-state index contributed by atoms with van der Waals surface area (Å²) in [5.74, 6) is -0.393. The monoisotopic (exact) mass is 365 g/mol. The Balaban J connectivity index is 2.08. The number of carbonyl (C=O) groups excluding carboxylic acids is 2. The molecule has 0 radical (unpaired) electrons.